The van der Waals surface area contributed by atoms with E-state index in [1.807, 2.05) is 13.8 Å². The zero-order chi connectivity index (χ0) is 12.6. The molecule has 3 nitrogen and oxygen atoms in total. The second-order valence-electron chi connectivity index (χ2n) is 5.69. The van der Waals surface area contributed by atoms with Crippen LogP contribution in [0.2, 0.25) is 0 Å². The van der Waals surface area contributed by atoms with Crippen LogP contribution >= 0.6 is 0 Å². The Balaban J connectivity index is 3.19. The summed E-state index contributed by atoms with van der Waals surface area (Å²) in [5.41, 5.74) is -1.14. The summed E-state index contributed by atoms with van der Waals surface area (Å²) in [6.45, 7) is 14.2. The molecule has 0 radical (unpaired) electrons. The van der Waals surface area contributed by atoms with Gasteiger partial charge in [-0.15, -0.1) is 0 Å². The molecule has 1 aliphatic rings. The number of nitrogens with zero attached hydrogens (tertiary/aromatic N) is 2. The van der Waals surface area contributed by atoms with Crippen molar-refractivity contribution in [3.05, 3.63) is 0 Å². The van der Waals surface area contributed by atoms with Gasteiger partial charge >= 0.3 is 0 Å². The molecular weight excluding hydrogens is 200 g/mol. The highest BCUT2D eigenvalue weighted by molar-refractivity contribution is 5.23. The normalized spacial score (nSPS) is 31.6. The van der Waals surface area contributed by atoms with E-state index in [0.717, 1.165) is 19.5 Å². The molecule has 0 aromatic heterocycles. The predicted octanol–water partition coefficient (Wildman–Crippen LogP) is 2.57. The molecule has 1 atom stereocenters. The number of hydrogen-bond donors (Lipinski definition) is 0. The Bertz CT molecular complexity index is 300. The largest absolute Gasteiger partial charge is 0.367 e. The second kappa shape index (κ2) is 4.01. The molecule has 1 heterocycles. The van der Waals surface area contributed by atoms with Gasteiger partial charge < -0.3 is 4.74 Å². The van der Waals surface area contributed by atoms with Crippen molar-refractivity contribution in [3.8, 4) is 6.07 Å². The van der Waals surface area contributed by atoms with Crippen molar-refractivity contribution in [2.75, 3.05) is 13.1 Å². The van der Waals surface area contributed by atoms with Crippen LogP contribution in [0.25, 0.3) is 0 Å². The van der Waals surface area contributed by atoms with E-state index in [-0.39, 0.29) is 5.60 Å². The molecule has 0 amide bonds. The first-order chi connectivity index (χ1) is 7.24. The first kappa shape index (κ1) is 13.5. The molecule has 3 heteroatoms. The minimum atomic E-state index is -0.500. The number of ether oxygens (including phenoxy) is 1. The lowest BCUT2D eigenvalue weighted by Crippen LogP contribution is -2.58. The van der Waals surface area contributed by atoms with Gasteiger partial charge in [-0.05, 0) is 40.8 Å². The van der Waals surface area contributed by atoms with Gasteiger partial charge in [-0.2, -0.15) is 5.26 Å². The number of nitriles is 1. The fourth-order valence-electron chi connectivity index (χ4n) is 3.14. The Morgan fingerprint density at radius 1 is 1.19 bits per heavy atom. The summed E-state index contributed by atoms with van der Waals surface area (Å²) in [5, 5.41) is 9.65. The van der Waals surface area contributed by atoms with Crippen LogP contribution in [0, 0.1) is 11.3 Å². The predicted molar refractivity (Wildman–Crippen MR) is 65.1 cm³/mol. The molecule has 1 rings (SSSR count). The molecule has 92 valence electrons. The van der Waals surface area contributed by atoms with Crippen LogP contribution in [0.15, 0.2) is 0 Å². The lowest BCUT2D eigenvalue weighted by Gasteiger charge is -2.42. The number of rotatable bonds is 3. The average molecular weight is 224 g/mol. The van der Waals surface area contributed by atoms with Crippen molar-refractivity contribution in [1.82, 2.24) is 4.90 Å². The van der Waals surface area contributed by atoms with Crippen LogP contribution in [0.3, 0.4) is 0 Å². The monoisotopic (exact) mass is 224 g/mol. The Morgan fingerprint density at radius 2 is 1.69 bits per heavy atom. The van der Waals surface area contributed by atoms with Crippen molar-refractivity contribution in [2.45, 2.75) is 64.7 Å². The molecule has 0 aromatic carbocycles. The van der Waals surface area contributed by atoms with Gasteiger partial charge in [0.2, 0.25) is 0 Å². The lowest BCUT2D eigenvalue weighted by molar-refractivity contribution is -0.0921. The smallest absolute Gasteiger partial charge is 0.140 e. The van der Waals surface area contributed by atoms with E-state index in [0.29, 0.717) is 0 Å². The van der Waals surface area contributed by atoms with Crippen LogP contribution in [0.5, 0.6) is 0 Å². The minimum Gasteiger partial charge on any atom is -0.367 e. The summed E-state index contributed by atoms with van der Waals surface area (Å²) in [6.07, 6.45) is 0.769. The summed E-state index contributed by atoms with van der Waals surface area (Å²) in [6, 6.07) is 2.53. The standard InChI is InChI=1S/C13H24N2O/c1-7-15(8-2)13(10-14)9-11(3,4)16-12(13,5)6/h7-9H2,1-6H3. The quantitative estimate of drug-likeness (QED) is 0.739. The van der Waals surface area contributed by atoms with Crippen molar-refractivity contribution < 1.29 is 4.74 Å². The first-order valence-corrected chi connectivity index (χ1v) is 6.11. The highest BCUT2D eigenvalue weighted by Crippen LogP contribution is 2.47. The van der Waals surface area contributed by atoms with Crippen LogP contribution in [-0.2, 0) is 4.74 Å². The van der Waals surface area contributed by atoms with E-state index in [4.69, 9.17) is 4.74 Å². The van der Waals surface area contributed by atoms with E-state index in [2.05, 4.69) is 38.7 Å². The van der Waals surface area contributed by atoms with E-state index < -0.39 is 11.1 Å². The number of likely N-dealkylation sites (N-methyl/N-ethyl adjacent to an activating group) is 1. The van der Waals surface area contributed by atoms with E-state index in [1.165, 1.54) is 0 Å². The second-order valence-corrected chi connectivity index (χ2v) is 5.69. The van der Waals surface area contributed by atoms with Gasteiger partial charge in [-0.25, -0.2) is 0 Å². The lowest BCUT2D eigenvalue weighted by atomic mass is 9.78. The van der Waals surface area contributed by atoms with Crippen LogP contribution in [0.1, 0.15) is 48.0 Å². The molecule has 0 saturated carbocycles. The molecule has 1 saturated heterocycles. The Morgan fingerprint density at radius 3 is 1.94 bits per heavy atom. The van der Waals surface area contributed by atoms with Crippen molar-refractivity contribution in [1.29, 1.82) is 5.26 Å². The summed E-state index contributed by atoms with van der Waals surface area (Å²) in [7, 11) is 0. The molecule has 0 aromatic rings. The maximum Gasteiger partial charge on any atom is 0.140 e. The molecule has 0 N–H and O–H groups in total. The van der Waals surface area contributed by atoms with Gasteiger partial charge in [0.05, 0.1) is 17.3 Å². The van der Waals surface area contributed by atoms with E-state index in [1.54, 1.807) is 0 Å². The zero-order valence-electron chi connectivity index (χ0n) is 11.4. The van der Waals surface area contributed by atoms with Crippen molar-refractivity contribution >= 4 is 0 Å². The van der Waals surface area contributed by atoms with Gasteiger partial charge in [0.25, 0.3) is 0 Å². The summed E-state index contributed by atoms with van der Waals surface area (Å²) in [4.78, 5) is 2.22. The molecule has 1 aliphatic heterocycles. The number of hydrogen-bond acceptors (Lipinski definition) is 3. The van der Waals surface area contributed by atoms with Gasteiger partial charge in [0.15, 0.2) is 0 Å². The topological polar surface area (TPSA) is 36.3 Å². The molecule has 1 fully saturated rings. The molecule has 0 bridgehead atoms. The zero-order valence-corrected chi connectivity index (χ0v) is 11.4. The maximum atomic E-state index is 9.65. The van der Waals surface area contributed by atoms with Gasteiger partial charge in [0.1, 0.15) is 5.54 Å². The summed E-state index contributed by atoms with van der Waals surface area (Å²) >= 11 is 0. The first-order valence-electron chi connectivity index (χ1n) is 6.11. The minimum absolute atomic E-state index is 0.220. The Labute approximate surface area is 99.4 Å². The summed E-state index contributed by atoms with van der Waals surface area (Å²) < 4.78 is 6.06. The Hall–Kier alpha value is -0.590. The Kier molecular flexibility index (Phi) is 3.38. The fourth-order valence-corrected chi connectivity index (χ4v) is 3.14. The third kappa shape index (κ3) is 1.85. The highest BCUT2D eigenvalue weighted by atomic mass is 16.5. The van der Waals surface area contributed by atoms with Crippen LogP contribution < -0.4 is 0 Å². The van der Waals surface area contributed by atoms with Gasteiger partial charge in [0, 0.05) is 6.42 Å². The van der Waals surface area contributed by atoms with E-state index >= 15 is 0 Å². The third-order valence-corrected chi connectivity index (χ3v) is 3.70. The summed E-state index contributed by atoms with van der Waals surface area (Å²) in [5.74, 6) is 0. The maximum absolute atomic E-state index is 9.65. The molecule has 0 spiro atoms. The van der Waals surface area contributed by atoms with Crippen LogP contribution in [0.4, 0.5) is 0 Å². The third-order valence-electron chi connectivity index (χ3n) is 3.70. The molecule has 16 heavy (non-hydrogen) atoms. The fraction of sp³-hybridized carbons (Fsp3) is 0.923. The highest BCUT2D eigenvalue weighted by Gasteiger charge is 2.60. The van der Waals surface area contributed by atoms with Crippen molar-refractivity contribution in [3.63, 3.8) is 0 Å². The van der Waals surface area contributed by atoms with Crippen LogP contribution in [-0.4, -0.2) is 34.7 Å². The molecule has 1 unspecified atom stereocenters. The van der Waals surface area contributed by atoms with E-state index in [9.17, 15) is 5.26 Å². The molecule has 0 aliphatic carbocycles. The van der Waals surface area contributed by atoms with Gasteiger partial charge in [-0.1, -0.05) is 13.8 Å². The average Bonchev–Trinajstić information content (AvgIpc) is 2.34. The SMILES string of the molecule is CCN(CC)C1(C#N)CC(C)(C)OC1(C)C. The molecular formula is C13H24N2O. The van der Waals surface area contributed by atoms with Crippen molar-refractivity contribution in [2.24, 2.45) is 0 Å². The van der Waals surface area contributed by atoms with Gasteiger partial charge in [-0.3, -0.25) is 4.90 Å².